The zero-order valence-corrected chi connectivity index (χ0v) is 9.91. The third-order valence-corrected chi connectivity index (χ3v) is 3.91. The third-order valence-electron chi connectivity index (χ3n) is 3.91. The van der Waals surface area contributed by atoms with Crippen molar-refractivity contribution in [1.82, 2.24) is 9.78 Å². The maximum atomic E-state index is 13.1. The van der Waals surface area contributed by atoms with E-state index in [1.54, 1.807) is 6.20 Å². The first kappa shape index (κ1) is 12.5. The van der Waals surface area contributed by atoms with Gasteiger partial charge in [-0.2, -0.15) is 5.10 Å². The van der Waals surface area contributed by atoms with E-state index in [1.807, 2.05) is 16.9 Å². The zero-order valence-electron chi connectivity index (χ0n) is 9.91. The highest BCUT2D eigenvalue weighted by molar-refractivity contribution is 4.90. The Bertz CT molecular complexity index is 339. The molecule has 96 valence electrons. The van der Waals surface area contributed by atoms with Crippen LogP contribution in [0.15, 0.2) is 18.5 Å². The van der Waals surface area contributed by atoms with Crippen LogP contribution in [0.5, 0.6) is 0 Å². The molecule has 0 saturated heterocycles. The summed E-state index contributed by atoms with van der Waals surface area (Å²) in [7, 11) is 0. The van der Waals surface area contributed by atoms with Gasteiger partial charge in [-0.1, -0.05) is 0 Å². The number of hydrogen-bond donors (Lipinski definition) is 1. The summed E-state index contributed by atoms with van der Waals surface area (Å²) in [4.78, 5) is 0. The van der Waals surface area contributed by atoms with Crippen LogP contribution in [0.25, 0.3) is 0 Å². The Morgan fingerprint density at radius 2 is 1.94 bits per heavy atom. The lowest BCUT2D eigenvalue weighted by molar-refractivity contribution is -0.0677. The molecule has 1 saturated carbocycles. The van der Waals surface area contributed by atoms with Crippen molar-refractivity contribution in [3.8, 4) is 0 Å². The Morgan fingerprint density at radius 1 is 1.24 bits per heavy atom. The number of aryl methyl sites for hydroxylation is 1. The molecule has 0 unspecified atom stereocenters. The van der Waals surface area contributed by atoms with E-state index in [0.717, 1.165) is 13.0 Å². The molecule has 1 aromatic heterocycles. The Balaban J connectivity index is 1.92. The van der Waals surface area contributed by atoms with E-state index < -0.39 is 5.92 Å². The molecule has 0 atom stereocenters. The molecule has 1 fully saturated rings. The second-order valence-corrected chi connectivity index (χ2v) is 5.08. The molecule has 0 radical (unpaired) electrons. The lowest BCUT2D eigenvalue weighted by atomic mass is 9.70. The van der Waals surface area contributed by atoms with Crippen molar-refractivity contribution in [2.24, 2.45) is 11.1 Å². The van der Waals surface area contributed by atoms with Gasteiger partial charge in [-0.3, -0.25) is 4.68 Å². The lowest BCUT2D eigenvalue weighted by Gasteiger charge is -2.39. The van der Waals surface area contributed by atoms with E-state index in [4.69, 9.17) is 5.73 Å². The van der Waals surface area contributed by atoms with Crippen molar-refractivity contribution in [2.45, 2.75) is 44.6 Å². The van der Waals surface area contributed by atoms with Crippen molar-refractivity contribution in [2.75, 3.05) is 6.54 Å². The van der Waals surface area contributed by atoms with Gasteiger partial charge < -0.3 is 5.73 Å². The molecule has 0 aromatic carbocycles. The van der Waals surface area contributed by atoms with Gasteiger partial charge in [0, 0.05) is 31.8 Å². The van der Waals surface area contributed by atoms with E-state index in [2.05, 4.69) is 5.10 Å². The Hall–Kier alpha value is -0.970. The largest absolute Gasteiger partial charge is 0.330 e. The summed E-state index contributed by atoms with van der Waals surface area (Å²) in [6.07, 6.45) is 5.45. The fourth-order valence-corrected chi connectivity index (χ4v) is 2.49. The maximum absolute atomic E-state index is 13.1. The monoisotopic (exact) mass is 243 g/mol. The van der Waals surface area contributed by atoms with Crippen molar-refractivity contribution >= 4 is 0 Å². The van der Waals surface area contributed by atoms with Crippen LogP contribution in [-0.4, -0.2) is 22.2 Å². The van der Waals surface area contributed by atoms with Gasteiger partial charge in [0.1, 0.15) is 0 Å². The highest BCUT2D eigenvalue weighted by atomic mass is 19.3. The molecule has 1 heterocycles. The average Bonchev–Trinajstić information content (AvgIpc) is 2.82. The summed E-state index contributed by atoms with van der Waals surface area (Å²) in [5.41, 5.74) is 5.67. The summed E-state index contributed by atoms with van der Waals surface area (Å²) in [6.45, 7) is 1.25. The van der Waals surface area contributed by atoms with Gasteiger partial charge in [0.15, 0.2) is 0 Å². The van der Waals surface area contributed by atoms with Gasteiger partial charge in [-0.15, -0.1) is 0 Å². The summed E-state index contributed by atoms with van der Waals surface area (Å²) in [5.74, 6) is -2.48. The van der Waals surface area contributed by atoms with Crippen molar-refractivity contribution in [3.63, 3.8) is 0 Å². The Kier molecular flexibility index (Phi) is 3.47. The van der Waals surface area contributed by atoms with Crippen LogP contribution in [0.4, 0.5) is 8.78 Å². The van der Waals surface area contributed by atoms with Crippen LogP contribution < -0.4 is 5.73 Å². The number of nitrogens with two attached hydrogens (primary N) is 1. The first-order valence-electron chi connectivity index (χ1n) is 6.11. The minimum Gasteiger partial charge on any atom is -0.330 e. The molecule has 5 heteroatoms. The zero-order chi connectivity index (χ0) is 12.4. The number of nitrogens with zero attached hydrogens (tertiary/aromatic N) is 2. The lowest BCUT2D eigenvalue weighted by Crippen LogP contribution is -2.39. The smallest absolute Gasteiger partial charge is 0.248 e. The first-order valence-corrected chi connectivity index (χ1v) is 6.11. The van der Waals surface area contributed by atoms with Crippen LogP contribution in [0.2, 0.25) is 0 Å². The average molecular weight is 243 g/mol. The molecule has 1 aliphatic carbocycles. The molecule has 3 nitrogen and oxygen atoms in total. The molecule has 0 amide bonds. The number of halogens is 2. The topological polar surface area (TPSA) is 43.8 Å². The van der Waals surface area contributed by atoms with Crippen molar-refractivity contribution in [1.29, 1.82) is 0 Å². The summed E-state index contributed by atoms with van der Waals surface area (Å²) < 4.78 is 28.1. The second-order valence-electron chi connectivity index (χ2n) is 5.08. The quantitative estimate of drug-likeness (QED) is 0.882. The Labute approximate surface area is 100.0 Å². The predicted octanol–water partition coefficient (Wildman–Crippen LogP) is 2.43. The fraction of sp³-hybridized carbons (Fsp3) is 0.750. The van der Waals surface area contributed by atoms with E-state index in [0.29, 0.717) is 19.4 Å². The third kappa shape index (κ3) is 3.03. The maximum Gasteiger partial charge on any atom is 0.248 e. The number of aromatic nitrogens is 2. The normalized spacial score (nSPS) is 22.5. The van der Waals surface area contributed by atoms with E-state index in [-0.39, 0.29) is 18.3 Å². The fourth-order valence-electron chi connectivity index (χ4n) is 2.49. The van der Waals surface area contributed by atoms with Gasteiger partial charge in [0.25, 0.3) is 0 Å². The SMILES string of the molecule is NCC1(CCn2cccn2)CCC(F)(F)CC1. The van der Waals surface area contributed by atoms with Gasteiger partial charge in [0.05, 0.1) is 0 Å². The van der Waals surface area contributed by atoms with Crippen LogP contribution in [0, 0.1) is 5.41 Å². The molecule has 1 aliphatic rings. The Morgan fingerprint density at radius 3 is 2.47 bits per heavy atom. The summed E-state index contributed by atoms with van der Waals surface area (Å²) in [5, 5.41) is 4.12. The van der Waals surface area contributed by atoms with Crippen LogP contribution in [0.1, 0.15) is 32.1 Å². The van der Waals surface area contributed by atoms with Crippen LogP contribution in [-0.2, 0) is 6.54 Å². The van der Waals surface area contributed by atoms with Gasteiger partial charge in [-0.25, -0.2) is 8.78 Å². The highest BCUT2D eigenvalue weighted by Crippen LogP contribution is 2.45. The number of rotatable bonds is 4. The predicted molar refractivity (Wildman–Crippen MR) is 61.7 cm³/mol. The molecule has 0 spiro atoms. The minimum atomic E-state index is -2.48. The molecule has 0 bridgehead atoms. The highest BCUT2D eigenvalue weighted by Gasteiger charge is 2.42. The summed E-state index contributed by atoms with van der Waals surface area (Å²) >= 11 is 0. The standard InChI is InChI=1S/C12H19F2N3/c13-12(14)4-2-11(10-15,3-5-12)6-9-17-8-1-7-16-17/h1,7-8H,2-6,9-10,15H2. The molecule has 2 N–H and O–H groups in total. The second kappa shape index (κ2) is 4.72. The molecule has 0 aliphatic heterocycles. The van der Waals surface area contributed by atoms with Crippen molar-refractivity contribution in [3.05, 3.63) is 18.5 Å². The van der Waals surface area contributed by atoms with Gasteiger partial charge in [0.2, 0.25) is 5.92 Å². The molecule has 17 heavy (non-hydrogen) atoms. The number of hydrogen-bond acceptors (Lipinski definition) is 2. The molecular formula is C12H19F2N3. The van der Waals surface area contributed by atoms with Gasteiger partial charge >= 0.3 is 0 Å². The van der Waals surface area contributed by atoms with Crippen LogP contribution >= 0.6 is 0 Å². The number of alkyl halides is 2. The molecular weight excluding hydrogens is 224 g/mol. The van der Waals surface area contributed by atoms with Crippen LogP contribution in [0.3, 0.4) is 0 Å². The molecule has 1 aromatic rings. The molecule has 2 rings (SSSR count). The van der Waals surface area contributed by atoms with E-state index in [1.165, 1.54) is 0 Å². The minimum absolute atomic E-state index is 0.0245. The van der Waals surface area contributed by atoms with E-state index in [9.17, 15) is 8.78 Å². The van der Waals surface area contributed by atoms with E-state index >= 15 is 0 Å². The summed E-state index contributed by atoms with van der Waals surface area (Å²) in [6, 6.07) is 1.87. The first-order chi connectivity index (χ1) is 8.05. The van der Waals surface area contributed by atoms with Crippen molar-refractivity contribution < 1.29 is 8.78 Å². The van der Waals surface area contributed by atoms with Gasteiger partial charge in [-0.05, 0) is 37.3 Å².